The number of hydrogen-bond acceptors (Lipinski definition) is 5. The molecule has 0 unspecified atom stereocenters. The number of rotatable bonds is 7. The second-order valence-corrected chi connectivity index (χ2v) is 10.4. The largest absolute Gasteiger partial charge is 0.416 e. The maximum absolute atomic E-state index is 13.3. The van der Waals surface area contributed by atoms with Crippen LogP contribution in [-0.2, 0) is 29.8 Å². The first-order valence-corrected chi connectivity index (χ1v) is 12.0. The van der Waals surface area contributed by atoms with Crippen LogP contribution in [0.2, 0.25) is 0 Å². The van der Waals surface area contributed by atoms with Gasteiger partial charge in [0.15, 0.2) is 5.03 Å². The monoisotopic (exact) mass is 494 g/mol. The number of aryl methyl sites for hydroxylation is 1. The SMILES string of the molecule is Cn1cnc(S(=O)(=O)N2C[C@H](c3ccccc3)[C@](CO)(NCc3ccc(C(F)(F)F)cc3)C2)c1. The molecule has 11 heteroatoms. The highest BCUT2D eigenvalue weighted by Crippen LogP contribution is 2.39. The number of nitrogens with one attached hydrogen (secondary N) is 1. The Morgan fingerprint density at radius 2 is 1.82 bits per heavy atom. The summed E-state index contributed by atoms with van der Waals surface area (Å²) in [6, 6.07) is 14.0. The van der Waals surface area contributed by atoms with E-state index in [9.17, 15) is 26.7 Å². The number of aromatic nitrogens is 2. The molecule has 3 aromatic rings. The van der Waals surface area contributed by atoms with E-state index in [1.807, 2.05) is 30.3 Å². The van der Waals surface area contributed by atoms with E-state index in [0.717, 1.165) is 17.7 Å². The maximum atomic E-state index is 13.3. The molecule has 2 heterocycles. The highest BCUT2D eigenvalue weighted by atomic mass is 32.2. The standard InChI is InChI=1S/C23H25F3N4O3S/c1-29-13-21(27-16-29)34(32,33)30-12-20(18-5-3-2-4-6-18)22(14-30,15-31)28-11-17-7-9-19(10-8-17)23(24,25)26/h2-10,13,16,20,28,31H,11-12,14-15H2,1H3/t20-,22+/m1/s1. The van der Waals surface area contributed by atoms with Crippen molar-refractivity contribution in [2.45, 2.75) is 29.2 Å². The van der Waals surface area contributed by atoms with Crippen molar-refractivity contribution in [2.75, 3.05) is 19.7 Å². The molecule has 4 rings (SSSR count). The third-order valence-corrected chi connectivity index (χ3v) is 7.90. The molecule has 1 saturated heterocycles. The maximum Gasteiger partial charge on any atom is 0.416 e. The van der Waals surface area contributed by atoms with Gasteiger partial charge in [-0.3, -0.25) is 0 Å². The normalized spacial score (nSPS) is 21.7. The van der Waals surface area contributed by atoms with Gasteiger partial charge in [-0.05, 0) is 23.3 Å². The topological polar surface area (TPSA) is 87.5 Å². The summed E-state index contributed by atoms with van der Waals surface area (Å²) in [6.45, 7) is -0.132. The molecular weight excluding hydrogens is 469 g/mol. The molecule has 0 bridgehead atoms. The zero-order valence-corrected chi connectivity index (χ0v) is 19.2. The van der Waals surface area contributed by atoms with Crippen LogP contribution in [0.4, 0.5) is 13.2 Å². The van der Waals surface area contributed by atoms with Gasteiger partial charge in [-0.15, -0.1) is 0 Å². The molecule has 2 aromatic carbocycles. The van der Waals surface area contributed by atoms with Gasteiger partial charge in [0.25, 0.3) is 10.0 Å². The Kier molecular flexibility index (Phi) is 6.56. The first-order valence-electron chi connectivity index (χ1n) is 10.6. The molecule has 2 atom stereocenters. The van der Waals surface area contributed by atoms with Crippen LogP contribution in [0.25, 0.3) is 0 Å². The molecule has 0 amide bonds. The molecule has 0 aliphatic carbocycles. The lowest BCUT2D eigenvalue weighted by molar-refractivity contribution is -0.137. The number of sulfonamides is 1. The Balaban J connectivity index is 1.63. The van der Waals surface area contributed by atoms with Crippen LogP contribution in [0.3, 0.4) is 0 Å². The number of alkyl halides is 3. The zero-order valence-electron chi connectivity index (χ0n) is 18.4. The Hall–Kier alpha value is -2.73. The number of hydrogen-bond donors (Lipinski definition) is 2. The van der Waals surface area contributed by atoms with Crippen molar-refractivity contribution < 1.29 is 26.7 Å². The minimum atomic E-state index is -4.43. The molecule has 34 heavy (non-hydrogen) atoms. The van der Waals surface area contributed by atoms with Crippen LogP contribution in [0.15, 0.2) is 72.1 Å². The quantitative estimate of drug-likeness (QED) is 0.528. The van der Waals surface area contributed by atoms with Gasteiger partial charge in [-0.2, -0.15) is 17.5 Å². The Bertz CT molecular complexity index is 1230. The van der Waals surface area contributed by atoms with Crippen LogP contribution in [0.5, 0.6) is 0 Å². The molecule has 2 N–H and O–H groups in total. The van der Waals surface area contributed by atoms with E-state index < -0.39 is 33.2 Å². The van der Waals surface area contributed by atoms with Crippen LogP contribution in [0, 0.1) is 0 Å². The molecule has 1 aliphatic heterocycles. The minimum absolute atomic E-state index is 0.0252. The summed E-state index contributed by atoms with van der Waals surface area (Å²) in [6.07, 6.45) is -1.61. The summed E-state index contributed by atoms with van der Waals surface area (Å²) in [5.41, 5.74) is -0.371. The van der Waals surface area contributed by atoms with Gasteiger partial charge in [-0.1, -0.05) is 42.5 Å². The third kappa shape index (κ3) is 4.74. The van der Waals surface area contributed by atoms with Crippen molar-refractivity contribution in [3.05, 3.63) is 83.8 Å². The molecule has 0 spiro atoms. The van der Waals surface area contributed by atoms with E-state index in [0.29, 0.717) is 5.56 Å². The smallest absolute Gasteiger partial charge is 0.394 e. The first kappa shape index (κ1) is 24.4. The average Bonchev–Trinajstić information content (AvgIpc) is 3.43. The lowest BCUT2D eigenvalue weighted by atomic mass is 9.82. The predicted octanol–water partition coefficient (Wildman–Crippen LogP) is 2.75. The van der Waals surface area contributed by atoms with Crippen LogP contribution in [0.1, 0.15) is 22.6 Å². The second kappa shape index (κ2) is 9.14. The average molecular weight is 495 g/mol. The van der Waals surface area contributed by atoms with Gasteiger partial charge in [0.05, 0.1) is 24.0 Å². The zero-order chi connectivity index (χ0) is 24.6. The van der Waals surface area contributed by atoms with Gasteiger partial charge in [0.1, 0.15) is 0 Å². The Morgan fingerprint density at radius 3 is 2.38 bits per heavy atom. The van der Waals surface area contributed by atoms with Gasteiger partial charge < -0.3 is 15.0 Å². The number of nitrogens with zero attached hydrogens (tertiary/aromatic N) is 3. The van der Waals surface area contributed by atoms with E-state index in [-0.39, 0.29) is 31.3 Å². The summed E-state index contributed by atoms with van der Waals surface area (Å²) in [5.74, 6) is -0.397. The molecule has 182 valence electrons. The lowest BCUT2D eigenvalue weighted by Gasteiger charge is -2.34. The van der Waals surface area contributed by atoms with E-state index in [1.165, 1.54) is 29.0 Å². The van der Waals surface area contributed by atoms with E-state index in [4.69, 9.17) is 0 Å². The number of aliphatic hydroxyl groups excluding tert-OH is 1. The Labute approximate surface area is 195 Å². The molecule has 0 radical (unpaired) electrons. The predicted molar refractivity (Wildman–Crippen MR) is 119 cm³/mol. The minimum Gasteiger partial charge on any atom is -0.394 e. The number of aliphatic hydroxyl groups is 1. The van der Waals surface area contributed by atoms with Gasteiger partial charge >= 0.3 is 6.18 Å². The third-order valence-electron chi connectivity index (χ3n) is 6.21. The molecular formula is C23H25F3N4O3S. The molecule has 1 aromatic heterocycles. The number of halogens is 3. The van der Waals surface area contributed by atoms with Crippen molar-refractivity contribution in [1.29, 1.82) is 0 Å². The van der Waals surface area contributed by atoms with Crippen LogP contribution in [-0.4, -0.2) is 52.6 Å². The second-order valence-electron chi connectivity index (χ2n) is 8.50. The fourth-order valence-electron chi connectivity index (χ4n) is 4.30. The summed E-state index contributed by atoms with van der Waals surface area (Å²) >= 11 is 0. The van der Waals surface area contributed by atoms with Crippen molar-refractivity contribution >= 4 is 10.0 Å². The van der Waals surface area contributed by atoms with Crippen LogP contribution < -0.4 is 5.32 Å². The van der Waals surface area contributed by atoms with Crippen molar-refractivity contribution in [3.8, 4) is 0 Å². The summed E-state index contributed by atoms with van der Waals surface area (Å²) in [5, 5.41) is 13.7. The van der Waals surface area contributed by atoms with Crippen molar-refractivity contribution in [3.63, 3.8) is 0 Å². The highest BCUT2D eigenvalue weighted by Gasteiger charge is 2.50. The summed E-state index contributed by atoms with van der Waals surface area (Å²) in [4.78, 5) is 3.98. The number of benzene rings is 2. The summed E-state index contributed by atoms with van der Waals surface area (Å²) < 4.78 is 68.0. The van der Waals surface area contributed by atoms with E-state index in [2.05, 4.69) is 10.3 Å². The van der Waals surface area contributed by atoms with Gasteiger partial charge in [-0.25, -0.2) is 13.4 Å². The number of imidazole rings is 1. The lowest BCUT2D eigenvalue weighted by Crippen LogP contribution is -2.54. The van der Waals surface area contributed by atoms with Crippen molar-refractivity contribution in [1.82, 2.24) is 19.2 Å². The summed E-state index contributed by atoms with van der Waals surface area (Å²) in [7, 11) is -2.25. The fraction of sp³-hybridized carbons (Fsp3) is 0.348. The van der Waals surface area contributed by atoms with Gasteiger partial charge in [0.2, 0.25) is 0 Å². The van der Waals surface area contributed by atoms with Crippen molar-refractivity contribution in [2.24, 2.45) is 7.05 Å². The van der Waals surface area contributed by atoms with Crippen LogP contribution >= 0.6 is 0 Å². The fourth-order valence-corrected chi connectivity index (χ4v) is 5.79. The van der Waals surface area contributed by atoms with Gasteiger partial charge in [0, 0.05) is 38.8 Å². The Morgan fingerprint density at radius 1 is 1.15 bits per heavy atom. The first-order chi connectivity index (χ1) is 16.0. The molecule has 1 fully saturated rings. The molecule has 7 nitrogen and oxygen atoms in total. The van der Waals surface area contributed by atoms with E-state index in [1.54, 1.807) is 11.6 Å². The molecule has 1 aliphatic rings. The molecule has 0 saturated carbocycles. The highest BCUT2D eigenvalue weighted by molar-refractivity contribution is 7.89. The van der Waals surface area contributed by atoms with E-state index >= 15 is 0 Å².